The van der Waals surface area contributed by atoms with Crippen LogP contribution in [0.1, 0.15) is 48.8 Å². The molecule has 0 radical (unpaired) electrons. The average molecular weight is 299 g/mol. The number of hydrogen-bond acceptors (Lipinski definition) is 4. The number of aromatic nitrogens is 2. The Labute approximate surface area is 128 Å². The minimum Gasteiger partial charge on any atom is -0.376 e. The highest BCUT2D eigenvalue weighted by Gasteiger charge is 2.29. The fraction of sp³-hybridized carbons (Fsp3) is 0.312. The number of benzene rings is 1. The molecule has 1 aliphatic rings. The third-order valence-electron chi connectivity index (χ3n) is 3.63. The molecule has 1 heterocycles. The van der Waals surface area contributed by atoms with Crippen molar-refractivity contribution < 1.29 is 0 Å². The first-order valence-corrected chi connectivity index (χ1v) is 7.35. The summed E-state index contributed by atoms with van der Waals surface area (Å²) in [5, 5.41) is 13.1. The van der Waals surface area contributed by atoms with E-state index in [4.69, 9.17) is 16.9 Å². The second kappa shape index (κ2) is 5.71. The van der Waals surface area contributed by atoms with Gasteiger partial charge in [-0.2, -0.15) is 5.26 Å². The molecule has 0 bridgehead atoms. The SMILES string of the molecule is C[C@H](Nc1cnc(C#N)nc1C1CC1)c1ccccc1Cl. The molecule has 106 valence electrons. The first-order chi connectivity index (χ1) is 10.2. The van der Waals surface area contributed by atoms with Crippen LogP contribution in [0.4, 0.5) is 5.69 Å². The number of nitriles is 1. The van der Waals surface area contributed by atoms with Gasteiger partial charge < -0.3 is 5.32 Å². The molecule has 1 aromatic heterocycles. The van der Waals surface area contributed by atoms with E-state index in [-0.39, 0.29) is 11.9 Å². The van der Waals surface area contributed by atoms with Crippen molar-refractivity contribution in [3.8, 4) is 6.07 Å². The molecule has 0 spiro atoms. The van der Waals surface area contributed by atoms with Gasteiger partial charge in [0.2, 0.25) is 5.82 Å². The first kappa shape index (κ1) is 13.8. The summed E-state index contributed by atoms with van der Waals surface area (Å²) in [7, 11) is 0. The minimum atomic E-state index is 0.0488. The zero-order valence-corrected chi connectivity index (χ0v) is 12.4. The van der Waals surface area contributed by atoms with E-state index in [0.717, 1.165) is 34.8 Å². The van der Waals surface area contributed by atoms with E-state index in [1.165, 1.54) is 0 Å². The third-order valence-corrected chi connectivity index (χ3v) is 3.97. The third kappa shape index (κ3) is 2.98. The van der Waals surface area contributed by atoms with Gasteiger partial charge in [-0.15, -0.1) is 0 Å². The van der Waals surface area contributed by atoms with Crippen molar-refractivity contribution in [3.63, 3.8) is 0 Å². The highest BCUT2D eigenvalue weighted by molar-refractivity contribution is 6.31. The van der Waals surface area contributed by atoms with Gasteiger partial charge >= 0.3 is 0 Å². The van der Waals surface area contributed by atoms with Crippen molar-refractivity contribution in [2.24, 2.45) is 0 Å². The predicted octanol–water partition coefficient (Wildman–Crippen LogP) is 4.05. The van der Waals surface area contributed by atoms with Crippen molar-refractivity contribution in [2.45, 2.75) is 31.7 Å². The van der Waals surface area contributed by atoms with Gasteiger partial charge in [0.1, 0.15) is 6.07 Å². The van der Waals surface area contributed by atoms with Gasteiger partial charge in [0.15, 0.2) is 0 Å². The monoisotopic (exact) mass is 298 g/mol. The zero-order valence-electron chi connectivity index (χ0n) is 11.7. The Balaban J connectivity index is 1.88. The highest BCUT2D eigenvalue weighted by atomic mass is 35.5. The average Bonchev–Trinajstić information content (AvgIpc) is 3.32. The fourth-order valence-electron chi connectivity index (χ4n) is 2.37. The van der Waals surface area contributed by atoms with Crippen LogP contribution in [0.25, 0.3) is 0 Å². The lowest BCUT2D eigenvalue weighted by atomic mass is 10.1. The Morgan fingerprint density at radius 1 is 1.38 bits per heavy atom. The molecule has 4 nitrogen and oxygen atoms in total. The maximum Gasteiger partial charge on any atom is 0.232 e. The Hall–Kier alpha value is -2.12. The topological polar surface area (TPSA) is 61.6 Å². The molecule has 1 N–H and O–H groups in total. The molecule has 3 rings (SSSR count). The van der Waals surface area contributed by atoms with Crippen molar-refractivity contribution >= 4 is 17.3 Å². The lowest BCUT2D eigenvalue weighted by molar-refractivity contribution is 0.863. The largest absolute Gasteiger partial charge is 0.376 e. The van der Waals surface area contributed by atoms with E-state index in [2.05, 4.69) is 22.2 Å². The minimum absolute atomic E-state index is 0.0488. The van der Waals surface area contributed by atoms with Crippen LogP contribution < -0.4 is 5.32 Å². The van der Waals surface area contributed by atoms with Gasteiger partial charge in [-0.05, 0) is 31.4 Å². The smallest absolute Gasteiger partial charge is 0.232 e. The van der Waals surface area contributed by atoms with E-state index in [0.29, 0.717) is 5.92 Å². The molecule has 5 heteroatoms. The van der Waals surface area contributed by atoms with E-state index in [1.807, 2.05) is 30.3 Å². The molecule has 2 aromatic rings. The zero-order chi connectivity index (χ0) is 14.8. The maximum atomic E-state index is 8.94. The molecule has 0 aliphatic heterocycles. The van der Waals surface area contributed by atoms with Gasteiger partial charge in [0.05, 0.1) is 23.6 Å². The Morgan fingerprint density at radius 2 is 2.14 bits per heavy atom. The molecule has 21 heavy (non-hydrogen) atoms. The molecule has 1 fully saturated rings. The van der Waals surface area contributed by atoms with Crippen molar-refractivity contribution in [1.82, 2.24) is 9.97 Å². The normalized spacial score (nSPS) is 15.3. The number of anilines is 1. The summed E-state index contributed by atoms with van der Waals surface area (Å²) in [6.07, 6.45) is 3.95. The second-order valence-corrected chi connectivity index (χ2v) is 5.67. The molecular weight excluding hydrogens is 284 g/mol. The van der Waals surface area contributed by atoms with Gasteiger partial charge in [0.25, 0.3) is 0 Å². The second-order valence-electron chi connectivity index (χ2n) is 5.27. The van der Waals surface area contributed by atoms with Crippen LogP contribution in [0.15, 0.2) is 30.5 Å². The summed E-state index contributed by atoms with van der Waals surface area (Å²) in [5.41, 5.74) is 2.87. The molecule has 0 saturated heterocycles. The maximum absolute atomic E-state index is 8.94. The van der Waals surface area contributed by atoms with E-state index >= 15 is 0 Å². The number of hydrogen-bond donors (Lipinski definition) is 1. The highest BCUT2D eigenvalue weighted by Crippen LogP contribution is 2.42. The van der Waals surface area contributed by atoms with E-state index in [9.17, 15) is 0 Å². The number of nitrogens with one attached hydrogen (secondary N) is 1. The molecule has 0 amide bonds. The Bertz CT molecular complexity index is 704. The van der Waals surface area contributed by atoms with Crippen LogP contribution in [-0.4, -0.2) is 9.97 Å². The Kier molecular flexibility index (Phi) is 3.76. The summed E-state index contributed by atoms with van der Waals surface area (Å²) in [5.74, 6) is 0.675. The summed E-state index contributed by atoms with van der Waals surface area (Å²) in [6, 6.07) is 9.82. The van der Waals surface area contributed by atoms with E-state index in [1.54, 1.807) is 6.20 Å². The first-order valence-electron chi connectivity index (χ1n) is 6.97. The van der Waals surface area contributed by atoms with Crippen LogP contribution in [-0.2, 0) is 0 Å². The van der Waals surface area contributed by atoms with Crippen LogP contribution in [0, 0.1) is 11.3 Å². The quantitative estimate of drug-likeness (QED) is 0.925. The van der Waals surface area contributed by atoms with Gasteiger partial charge in [0, 0.05) is 10.9 Å². The van der Waals surface area contributed by atoms with Crippen molar-refractivity contribution in [1.29, 1.82) is 5.26 Å². The standard InChI is InChI=1S/C16H15ClN4/c1-10(12-4-2-3-5-13(12)17)20-14-9-19-15(8-18)21-16(14)11-6-7-11/h2-5,9-11,20H,6-7H2,1H3/t10-/m0/s1. The molecule has 1 atom stereocenters. The Morgan fingerprint density at radius 3 is 2.81 bits per heavy atom. The number of rotatable bonds is 4. The molecule has 1 aromatic carbocycles. The number of nitrogens with zero attached hydrogens (tertiary/aromatic N) is 3. The summed E-state index contributed by atoms with van der Waals surface area (Å²) < 4.78 is 0. The molecule has 1 saturated carbocycles. The van der Waals surface area contributed by atoms with Crippen molar-refractivity contribution in [2.75, 3.05) is 5.32 Å². The van der Waals surface area contributed by atoms with E-state index < -0.39 is 0 Å². The van der Waals surface area contributed by atoms with Gasteiger partial charge in [-0.25, -0.2) is 9.97 Å². The summed E-state index contributed by atoms with van der Waals surface area (Å²) >= 11 is 6.23. The van der Waals surface area contributed by atoms with Crippen LogP contribution in [0.5, 0.6) is 0 Å². The number of halogens is 1. The lowest BCUT2D eigenvalue weighted by Gasteiger charge is -2.18. The lowest BCUT2D eigenvalue weighted by Crippen LogP contribution is -2.11. The fourth-order valence-corrected chi connectivity index (χ4v) is 2.66. The van der Waals surface area contributed by atoms with Gasteiger partial charge in [-0.3, -0.25) is 0 Å². The van der Waals surface area contributed by atoms with Crippen LogP contribution in [0.3, 0.4) is 0 Å². The van der Waals surface area contributed by atoms with Gasteiger partial charge in [-0.1, -0.05) is 29.8 Å². The molecular formula is C16H15ClN4. The van der Waals surface area contributed by atoms with Crippen molar-refractivity contribution in [3.05, 3.63) is 52.6 Å². The molecule has 1 aliphatic carbocycles. The predicted molar refractivity (Wildman–Crippen MR) is 82.2 cm³/mol. The summed E-state index contributed by atoms with van der Waals surface area (Å²) in [6.45, 7) is 2.05. The molecule has 0 unspecified atom stereocenters. The van der Waals surface area contributed by atoms with Crippen LogP contribution >= 0.6 is 11.6 Å². The van der Waals surface area contributed by atoms with Crippen LogP contribution in [0.2, 0.25) is 5.02 Å². The summed E-state index contributed by atoms with van der Waals surface area (Å²) in [4.78, 5) is 8.42.